The van der Waals surface area contributed by atoms with E-state index in [1.165, 1.54) is 19.1 Å². The van der Waals surface area contributed by atoms with E-state index in [4.69, 9.17) is 0 Å². The Kier molecular flexibility index (Phi) is 5.95. The van der Waals surface area contributed by atoms with E-state index in [0.717, 1.165) is 16.3 Å². The van der Waals surface area contributed by atoms with Crippen molar-refractivity contribution in [3.8, 4) is 0 Å². The molecule has 1 amide bonds. The molecule has 0 aliphatic rings. The predicted molar refractivity (Wildman–Crippen MR) is 102 cm³/mol. The number of halogens is 4. The molecule has 0 fully saturated rings. The molecular weight excluding hydrogens is 402 g/mol. The fourth-order valence-electron chi connectivity index (χ4n) is 3.12. The van der Waals surface area contributed by atoms with Crippen LogP contribution in [0.5, 0.6) is 0 Å². The average molecular weight is 423 g/mol. The van der Waals surface area contributed by atoms with Crippen molar-refractivity contribution in [2.45, 2.75) is 46.5 Å². The number of aryl methyl sites for hydroxylation is 3. The highest BCUT2D eigenvalue weighted by atomic mass is 19.4. The van der Waals surface area contributed by atoms with Crippen LogP contribution in [0.15, 0.2) is 30.3 Å². The van der Waals surface area contributed by atoms with Gasteiger partial charge in [0.25, 0.3) is 0 Å². The Bertz CT molecular complexity index is 1070. The van der Waals surface area contributed by atoms with Gasteiger partial charge >= 0.3 is 6.18 Å². The minimum Gasteiger partial charge on any atom is -0.323 e. The third kappa shape index (κ3) is 4.87. The summed E-state index contributed by atoms with van der Waals surface area (Å²) in [6.07, 6.45) is -4.57. The molecule has 0 bridgehead atoms. The minimum absolute atomic E-state index is 0.0171. The molecule has 0 spiro atoms. The maximum Gasteiger partial charge on any atom is 0.435 e. The van der Waals surface area contributed by atoms with E-state index < -0.39 is 11.9 Å². The first-order valence-electron chi connectivity index (χ1n) is 9.24. The van der Waals surface area contributed by atoms with Crippen LogP contribution in [0.3, 0.4) is 0 Å². The zero-order chi connectivity index (χ0) is 22.1. The van der Waals surface area contributed by atoms with Crippen LogP contribution in [-0.2, 0) is 24.1 Å². The smallest absolute Gasteiger partial charge is 0.323 e. The lowest BCUT2D eigenvalue weighted by molar-refractivity contribution is -0.141. The van der Waals surface area contributed by atoms with Crippen LogP contribution in [-0.4, -0.2) is 25.5 Å². The number of alkyl halides is 3. The normalized spacial score (nSPS) is 11.7. The molecule has 3 aromatic rings. The van der Waals surface area contributed by atoms with E-state index >= 15 is 0 Å². The summed E-state index contributed by atoms with van der Waals surface area (Å²) in [5, 5.41) is 10.7. The van der Waals surface area contributed by atoms with Gasteiger partial charge in [-0.25, -0.2) is 4.39 Å². The quantitative estimate of drug-likeness (QED) is 0.603. The Balaban J connectivity index is 1.66. The number of aromatic nitrogens is 4. The van der Waals surface area contributed by atoms with Crippen molar-refractivity contribution >= 4 is 11.6 Å². The number of carbonyl (C=O) groups is 1. The first kappa shape index (κ1) is 21.5. The summed E-state index contributed by atoms with van der Waals surface area (Å²) in [5.74, 6) is -0.708. The highest BCUT2D eigenvalue weighted by molar-refractivity contribution is 5.91. The second-order valence-corrected chi connectivity index (χ2v) is 7.02. The second kappa shape index (κ2) is 8.29. The Morgan fingerprint density at radius 3 is 2.47 bits per heavy atom. The maximum atomic E-state index is 13.4. The van der Waals surface area contributed by atoms with Gasteiger partial charge in [-0.05, 0) is 44.5 Å². The number of amides is 1. The zero-order valence-corrected chi connectivity index (χ0v) is 16.7. The lowest BCUT2D eigenvalue weighted by atomic mass is 10.2. The van der Waals surface area contributed by atoms with Gasteiger partial charge in [0.2, 0.25) is 5.91 Å². The van der Waals surface area contributed by atoms with Gasteiger partial charge in [-0.3, -0.25) is 14.2 Å². The van der Waals surface area contributed by atoms with E-state index in [1.54, 1.807) is 30.7 Å². The largest absolute Gasteiger partial charge is 0.435 e. The molecule has 3 rings (SSSR count). The molecule has 0 aliphatic heterocycles. The van der Waals surface area contributed by atoms with Gasteiger partial charge < -0.3 is 5.32 Å². The van der Waals surface area contributed by atoms with Crippen LogP contribution >= 0.6 is 0 Å². The molecule has 2 heterocycles. The molecule has 0 saturated heterocycles. The predicted octanol–water partition coefficient (Wildman–Crippen LogP) is 4.24. The van der Waals surface area contributed by atoms with Crippen molar-refractivity contribution in [3.63, 3.8) is 0 Å². The summed E-state index contributed by atoms with van der Waals surface area (Å²) in [5.41, 5.74) is 1.89. The molecule has 0 unspecified atom stereocenters. The second-order valence-electron chi connectivity index (χ2n) is 7.02. The molecule has 10 heteroatoms. The van der Waals surface area contributed by atoms with Crippen molar-refractivity contribution in [2.75, 3.05) is 5.32 Å². The summed E-state index contributed by atoms with van der Waals surface area (Å²) in [7, 11) is 0. The van der Waals surface area contributed by atoms with E-state index in [2.05, 4.69) is 15.5 Å². The molecule has 0 radical (unpaired) electrons. The number of hydrogen-bond donors (Lipinski definition) is 1. The van der Waals surface area contributed by atoms with Crippen LogP contribution in [0.4, 0.5) is 23.2 Å². The van der Waals surface area contributed by atoms with Crippen molar-refractivity contribution in [3.05, 3.63) is 64.5 Å². The maximum absolute atomic E-state index is 13.4. The fourth-order valence-corrected chi connectivity index (χ4v) is 3.12. The molecular formula is C20H21F4N5O. The van der Waals surface area contributed by atoms with Crippen molar-refractivity contribution < 1.29 is 22.4 Å². The van der Waals surface area contributed by atoms with Gasteiger partial charge in [-0.2, -0.15) is 23.4 Å². The molecule has 6 nitrogen and oxygen atoms in total. The summed E-state index contributed by atoms with van der Waals surface area (Å²) in [6, 6.07) is 7.11. The van der Waals surface area contributed by atoms with E-state index in [9.17, 15) is 22.4 Å². The number of rotatable bonds is 6. The summed E-state index contributed by atoms with van der Waals surface area (Å²) in [4.78, 5) is 12.4. The first-order chi connectivity index (χ1) is 14.0. The van der Waals surface area contributed by atoms with Crippen molar-refractivity contribution in [2.24, 2.45) is 0 Å². The Morgan fingerprint density at radius 2 is 1.83 bits per heavy atom. The SMILES string of the molecule is Cc1nn(Cc2cccc(F)c2)c(C)c1NC(=O)CCn1nc(C(F)(F)F)cc1C. The topological polar surface area (TPSA) is 64.7 Å². The van der Waals surface area contributed by atoms with Crippen LogP contribution < -0.4 is 5.32 Å². The monoisotopic (exact) mass is 423 g/mol. The molecule has 0 saturated carbocycles. The number of hydrogen-bond acceptors (Lipinski definition) is 3. The molecule has 1 aromatic carbocycles. The van der Waals surface area contributed by atoms with Gasteiger partial charge in [0.05, 0.1) is 23.6 Å². The number of nitrogens with one attached hydrogen (secondary N) is 1. The number of carbonyl (C=O) groups excluding carboxylic acids is 1. The van der Waals surface area contributed by atoms with Crippen molar-refractivity contribution in [1.82, 2.24) is 19.6 Å². The molecule has 30 heavy (non-hydrogen) atoms. The number of anilines is 1. The number of benzene rings is 1. The van der Waals surface area contributed by atoms with Gasteiger partial charge in [-0.15, -0.1) is 0 Å². The van der Waals surface area contributed by atoms with Gasteiger partial charge in [-0.1, -0.05) is 12.1 Å². The molecule has 2 aromatic heterocycles. The van der Waals surface area contributed by atoms with Gasteiger partial charge in [0.1, 0.15) is 5.82 Å². The van der Waals surface area contributed by atoms with Gasteiger partial charge in [0, 0.05) is 18.7 Å². The third-order valence-corrected chi connectivity index (χ3v) is 4.69. The van der Waals surface area contributed by atoms with Gasteiger partial charge in [0.15, 0.2) is 5.69 Å². The van der Waals surface area contributed by atoms with E-state index in [0.29, 0.717) is 29.3 Å². The van der Waals surface area contributed by atoms with Crippen LogP contribution in [0.25, 0.3) is 0 Å². The van der Waals surface area contributed by atoms with E-state index in [1.807, 2.05) is 0 Å². The minimum atomic E-state index is -4.53. The lowest BCUT2D eigenvalue weighted by Crippen LogP contribution is -2.17. The third-order valence-electron chi connectivity index (χ3n) is 4.69. The average Bonchev–Trinajstić information content (AvgIpc) is 3.15. The zero-order valence-electron chi connectivity index (χ0n) is 16.7. The Labute approximate surface area is 170 Å². The van der Waals surface area contributed by atoms with E-state index in [-0.39, 0.29) is 24.7 Å². The highest BCUT2D eigenvalue weighted by Crippen LogP contribution is 2.28. The summed E-state index contributed by atoms with van der Waals surface area (Å²) in [6.45, 7) is 5.38. The Hall–Kier alpha value is -3.17. The molecule has 1 N–H and O–H groups in total. The summed E-state index contributed by atoms with van der Waals surface area (Å²) >= 11 is 0. The number of nitrogens with zero attached hydrogens (tertiary/aromatic N) is 4. The molecule has 0 atom stereocenters. The lowest BCUT2D eigenvalue weighted by Gasteiger charge is -2.08. The standard InChI is InChI=1S/C20H21F4N5O/c1-12-9-17(20(22,23)24)27-28(12)8-7-18(30)25-19-13(2)26-29(14(19)3)11-15-5-4-6-16(21)10-15/h4-6,9-10H,7-8,11H2,1-3H3,(H,25,30). The molecule has 160 valence electrons. The van der Waals surface area contributed by atoms with Crippen LogP contribution in [0, 0.1) is 26.6 Å². The van der Waals surface area contributed by atoms with Crippen molar-refractivity contribution in [1.29, 1.82) is 0 Å². The first-order valence-corrected chi connectivity index (χ1v) is 9.24. The van der Waals surface area contributed by atoms with Crippen LogP contribution in [0.1, 0.15) is 34.8 Å². The summed E-state index contributed by atoms with van der Waals surface area (Å²) < 4.78 is 54.5. The highest BCUT2D eigenvalue weighted by Gasteiger charge is 2.34. The van der Waals surface area contributed by atoms with Crippen LogP contribution in [0.2, 0.25) is 0 Å². The fraction of sp³-hybridized carbons (Fsp3) is 0.350. The molecule has 0 aliphatic carbocycles. The Morgan fingerprint density at radius 1 is 1.10 bits per heavy atom.